The highest BCUT2D eigenvalue weighted by atomic mass is 16.5. The molecular formula is C9H10N2O2. The zero-order valence-electron chi connectivity index (χ0n) is 7.50. The summed E-state index contributed by atoms with van der Waals surface area (Å²) in [7, 11) is 3.30. The molecule has 2 rings (SSSR count). The van der Waals surface area contributed by atoms with Gasteiger partial charge in [0.2, 0.25) is 0 Å². The molecule has 0 aliphatic carbocycles. The second-order valence-corrected chi connectivity index (χ2v) is 2.90. The van der Waals surface area contributed by atoms with E-state index in [0.29, 0.717) is 5.69 Å². The molecule has 0 atom stereocenters. The van der Waals surface area contributed by atoms with Crippen molar-refractivity contribution in [3.63, 3.8) is 0 Å². The van der Waals surface area contributed by atoms with Gasteiger partial charge in [0.1, 0.15) is 5.69 Å². The fourth-order valence-corrected chi connectivity index (χ4v) is 1.37. The highest BCUT2D eigenvalue weighted by molar-refractivity contribution is 5.93. The van der Waals surface area contributed by atoms with Crippen LogP contribution in [0.1, 0.15) is 10.5 Å². The van der Waals surface area contributed by atoms with Crippen molar-refractivity contribution in [1.29, 1.82) is 0 Å². The third-order valence-electron chi connectivity index (χ3n) is 2.08. The van der Waals surface area contributed by atoms with E-state index in [0.717, 1.165) is 11.0 Å². The molecular weight excluding hydrogens is 168 g/mol. The maximum Gasteiger partial charge on any atom is 0.354 e. The normalized spacial score (nSPS) is 10.6. The van der Waals surface area contributed by atoms with Crippen LogP contribution in [0.5, 0.6) is 0 Å². The van der Waals surface area contributed by atoms with E-state index in [1.54, 1.807) is 6.07 Å². The second kappa shape index (κ2) is 2.65. The van der Waals surface area contributed by atoms with Crippen molar-refractivity contribution in [1.82, 2.24) is 9.55 Å². The molecule has 0 saturated heterocycles. The van der Waals surface area contributed by atoms with E-state index in [9.17, 15) is 4.79 Å². The fourth-order valence-electron chi connectivity index (χ4n) is 1.37. The Morgan fingerprint density at radius 1 is 1.62 bits per heavy atom. The third-order valence-corrected chi connectivity index (χ3v) is 2.08. The van der Waals surface area contributed by atoms with Crippen LogP contribution >= 0.6 is 0 Å². The van der Waals surface area contributed by atoms with E-state index >= 15 is 0 Å². The summed E-state index contributed by atoms with van der Waals surface area (Å²) in [5.41, 5.74) is 2.44. The number of hydrogen-bond donors (Lipinski definition) is 1. The summed E-state index contributed by atoms with van der Waals surface area (Å²) >= 11 is 0. The Kier molecular flexibility index (Phi) is 1.62. The number of carbonyl (C=O) groups is 1. The van der Waals surface area contributed by atoms with Gasteiger partial charge >= 0.3 is 5.97 Å². The zero-order valence-corrected chi connectivity index (χ0v) is 7.50. The molecule has 2 aromatic rings. The van der Waals surface area contributed by atoms with E-state index in [1.165, 1.54) is 7.11 Å². The lowest BCUT2D eigenvalue weighted by atomic mass is 10.4. The number of hydrogen-bond acceptors (Lipinski definition) is 2. The van der Waals surface area contributed by atoms with E-state index in [-0.39, 0.29) is 5.97 Å². The van der Waals surface area contributed by atoms with Gasteiger partial charge in [0, 0.05) is 13.2 Å². The topological polar surface area (TPSA) is 47.0 Å². The summed E-state index contributed by atoms with van der Waals surface area (Å²) in [4.78, 5) is 14.1. The molecule has 4 heteroatoms. The van der Waals surface area contributed by atoms with Crippen molar-refractivity contribution in [2.45, 2.75) is 0 Å². The lowest BCUT2D eigenvalue weighted by Gasteiger charge is -1.92. The van der Waals surface area contributed by atoms with Crippen molar-refractivity contribution in [3.05, 3.63) is 24.0 Å². The molecule has 0 aliphatic rings. The number of rotatable bonds is 1. The average Bonchev–Trinajstić information content (AvgIpc) is 2.67. The largest absolute Gasteiger partial charge is 0.464 e. The van der Waals surface area contributed by atoms with Crippen molar-refractivity contribution < 1.29 is 9.53 Å². The Morgan fingerprint density at radius 3 is 3.00 bits per heavy atom. The lowest BCUT2D eigenvalue weighted by Crippen LogP contribution is -2.00. The van der Waals surface area contributed by atoms with Crippen molar-refractivity contribution in [3.8, 4) is 0 Å². The van der Waals surface area contributed by atoms with Crippen LogP contribution in [0, 0.1) is 0 Å². The van der Waals surface area contributed by atoms with Crippen molar-refractivity contribution in [2.24, 2.45) is 7.05 Å². The van der Waals surface area contributed by atoms with Crippen molar-refractivity contribution in [2.75, 3.05) is 7.11 Å². The van der Waals surface area contributed by atoms with Crippen LogP contribution in [-0.2, 0) is 11.8 Å². The minimum atomic E-state index is -0.337. The van der Waals surface area contributed by atoms with Crippen molar-refractivity contribution >= 4 is 17.0 Å². The molecule has 2 aromatic heterocycles. The molecule has 0 amide bonds. The van der Waals surface area contributed by atoms with Crippen LogP contribution in [0.2, 0.25) is 0 Å². The van der Waals surface area contributed by atoms with Gasteiger partial charge in [0.15, 0.2) is 0 Å². The first-order valence-electron chi connectivity index (χ1n) is 3.94. The summed E-state index contributed by atoms with van der Waals surface area (Å²) in [5.74, 6) is -0.337. The molecule has 0 aromatic carbocycles. The van der Waals surface area contributed by atoms with E-state index in [4.69, 9.17) is 0 Å². The highest BCUT2D eigenvalue weighted by Crippen LogP contribution is 2.15. The Morgan fingerprint density at radius 2 is 2.38 bits per heavy atom. The maximum atomic E-state index is 11.1. The Bertz CT molecular complexity index is 453. The number of aromatic nitrogens is 2. The number of H-pyrrole nitrogens is 1. The molecule has 68 valence electrons. The van der Waals surface area contributed by atoms with Crippen LogP contribution in [0.4, 0.5) is 0 Å². The fraction of sp³-hybridized carbons (Fsp3) is 0.222. The molecule has 0 saturated carbocycles. The Balaban J connectivity index is 2.56. The average molecular weight is 178 g/mol. The molecule has 13 heavy (non-hydrogen) atoms. The van der Waals surface area contributed by atoms with Crippen LogP contribution in [0.15, 0.2) is 18.3 Å². The van der Waals surface area contributed by atoms with Crippen LogP contribution in [-0.4, -0.2) is 22.6 Å². The summed E-state index contributed by atoms with van der Waals surface area (Å²) in [5, 5.41) is 0. The number of aryl methyl sites for hydroxylation is 1. The van der Waals surface area contributed by atoms with Gasteiger partial charge in [-0.2, -0.15) is 0 Å². The van der Waals surface area contributed by atoms with Crippen LogP contribution < -0.4 is 0 Å². The first-order chi connectivity index (χ1) is 6.22. The molecule has 0 radical (unpaired) electrons. The van der Waals surface area contributed by atoms with Gasteiger partial charge in [-0.05, 0) is 12.1 Å². The number of carbonyl (C=O) groups excluding carboxylic acids is 1. The van der Waals surface area contributed by atoms with E-state index in [1.807, 2.05) is 23.9 Å². The SMILES string of the molecule is COC(=O)c1cc2c(ccn2C)[nH]1. The minimum Gasteiger partial charge on any atom is -0.464 e. The third kappa shape index (κ3) is 1.11. The molecule has 0 spiro atoms. The quantitative estimate of drug-likeness (QED) is 0.669. The first-order valence-corrected chi connectivity index (χ1v) is 3.94. The molecule has 0 unspecified atom stereocenters. The summed E-state index contributed by atoms with van der Waals surface area (Å²) in [6.07, 6.45) is 1.93. The van der Waals surface area contributed by atoms with Gasteiger partial charge < -0.3 is 14.3 Å². The molecule has 1 N–H and O–H groups in total. The summed E-state index contributed by atoms with van der Waals surface area (Å²) < 4.78 is 6.54. The molecule has 0 fully saturated rings. The number of methoxy groups -OCH3 is 1. The van der Waals surface area contributed by atoms with Crippen LogP contribution in [0.3, 0.4) is 0 Å². The molecule has 0 bridgehead atoms. The standard InChI is InChI=1S/C9H10N2O2/c1-11-4-3-6-8(11)5-7(10-6)9(12)13-2/h3-5,10H,1-2H3. The number of nitrogens with one attached hydrogen (secondary N) is 1. The molecule has 0 aliphatic heterocycles. The lowest BCUT2D eigenvalue weighted by molar-refractivity contribution is 0.0595. The smallest absolute Gasteiger partial charge is 0.354 e. The number of fused-ring (bicyclic) bond motifs is 1. The van der Waals surface area contributed by atoms with Gasteiger partial charge in [-0.15, -0.1) is 0 Å². The maximum absolute atomic E-state index is 11.1. The van der Waals surface area contributed by atoms with Gasteiger partial charge in [-0.3, -0.25) is 0 Å². The Labute approximate surface area is 75.1 Å². The highest BCUT2D eigenvalue weighted by Gasteiger charge is 2.10. The first kappa shape index (κ1) is 7.91. The van der Waals surface area contributed by atoms with E-state index < -0.39 is 0 Å². The van der Waals surface area contributed by atoms with Crippen LogP contribution in [0.25, 0.3) is 11.0 Å². The minimum absolute atomic E-state index is 0.337. The zero-order chi connectivity index (χ0) is 9.42. The van der Waals surface area contributed by atoms with Gasteiger partial charge in [0.25, 0.3) is 0 Å². The van der Waals surface area contributed by atoms with Gasteiger partial charge in [-0.25, -0.2) is 4.79 Å². The predicted octanol–water partition coefficient (Wildman–Crippen LogP) is 1.29. The summed E-state index contributed by atoms with van der Waals surface area (Å²) in [6, 6.07) is 3.70. The van der Waals surface area contributed by atoms with Gasteiger partial charge in [-0.1, -0.05) is 0 Å². The predicted molar refractivity (Wildman–Crippen MR) is 48.6 cm³/mol. The number of esters is 1. The number of nitrogens with zero attached hydrogens (tertiary/aromatic N) is 1. The second-order valence-electron chi connectivity index (χ2n) is 2.90. The number of ether oxygens (including phenoxy) is 1. The van der Waals surface area contributed by atoms with E-state index in [2.05, 4.69) is 9.72 Å². The Hall–Kier alpha value is -1.71. The molecule has 4 nitrogen and oxygen atoms in total. The molecule has 2 heterocycles. The summed E-state index contributed by atoms with van der Waals surface area (Å²) in [6.45, 7) is 0. The number of aromatic amines is 1. The monoisotopic (exact) mass is 178 g/mol. The van der Waals surface area contributed by atoms with Gasteiger partial charge in [0.05, 0.1) is 18.1 Å².